The van der Waals surface area contributed by atoms with E-state index in [0.29, 0.717) is 41.3 Å². The van der Waals surface area contributed by atoms with E-state index < -0.39 is 0 Å². The third-order valence-corrected chi connectivity index (χ3v) is 9.22. The highest BCUT2D eigenvalue weighted by molar-refractivity contribution is 6.06. The van der Waals surface area contributed by atoms with Crippen molar-refractivity contribution in [3.63, 3.8) is 0 Å². The van der Waals surface area contributed by atoms with Gasteiger partial charge in [-0.1, -0.05) is 13.8 Å². The summed E-state index contributed by atoms with van der Waals surface area (Å²) in [4.78, 5) is 45.5. The van der Waals surface area contributed by atoms with E-state index in [0.717, 1.165) is 32.1 Å². The molecule has 3 aromatic rings. The zero-order valence-electron chi connectivity index (χ0n) is 22.6. The van der Waals surface area contributed by atoms with Crippen molar-refractivity contribution in [3.8, 4) is 11.1 Å². The standard InChI is InChI=1S/C30H33N5O4/c1-29(2)12-17-11-23-28(39)35(9-8-34(23)24(17)14-29)25-20(16-36)19(4-7-31-25)18-10-22(27(38)33(3)15-18)32-26(37)21-13-30(21)5-6-30/h4,7,10-11,15,21,36H,5-6,8-9,12-14,16H2,1-3H3,(H,32,37)/t21-/m0/s1. The second-order valence-corrected chi connectivity index (χ2v) is 12.6. The van der Waals surface area contributed by atoms with Crippen LogP contribution in [-0.4, -0.2) is 37.6 Å². The number of carbonyl (C=O) groups excluding carboxylic acids is 2. The van der Waals surface area contributed by atoms with Crippen LogP contribution in [0.3, 0.4) is 0 Å². The Morgan fingerprint density at radius 3 is 2.69 bits per heavy atom. The molecule has 202 valence electrons. The molecule has 2 fully saturated rings. The Labute approximate surface area is 226 Å². The fourth-order valence-corrected chi connectivity index (χ4v) is 6.85. The predicted octanol–water partition coefficient (Wildman–Crippen LogP) is 3.26. The fraction of sp³-hybridized carbons (Fsp3) is 0.467. The molecule has 1 aliphatic heterocycles. The monoisotopic (exact) mass is 527 g/mol. The van der Waals surface area contributed by atoms with Crippen molar-refractivity contribution >= 4 is 23.3 Å². The molecule has 2 amide bonds. The molecule has 1 spiro atoms. The summed E-state index contributed by atoms with van der Waals surface area (Å²) in [6, 6.07) is 5.46. The van der Waals surface area contributed by atoms with Crippen LogP contribution >= 0.6 is 0 Å². The minimum absolute atomic E-state index is 0.0112. The van der Waals surface area contributed by atoms with Gasteiger partial charge in [0.2, 0.25) is 5.91 Å². The van der Waals surface area contributed by atoms with Gasteiger partial charge in [-0.15, -0.1) is 0 Å². The van der Waals surface area contributed by atoms with Crippen molar-refractivity contribution in [2.24, 2.45) is 23.8 Å². The van der Waals surface area contributed by atoms with Crippen LogP contribution in [0.5, 0.6) is 0 Å². The first-order valence-corrected chi connectivity index (χ1v) is 13.7. The van der Waals surface area contributed by atoms with Gasteiger partial charge in [-0.3, -0.25) is 19.3 Å². The van der Waals surface area contributed by atoms with E-state index in [9.17, 15) is 19.5 Å². The smallest absolute Gasteiger partial charge is 0.276 e. The van der Waals surface area contributed by atoms with Crippen LogP contribution in [0.4, 0.5) is 11.5 Å². The number of carbonyl (C=O) groups is 2. The number of aliphatic hydroxyl groups excluding tert-OH is 1. The molecule has 1 atom stereocenters. The zero-order chi connectivity index (χ0) is 27.3. The number of aryl methyl sites for hydroxylation is 1. The number of nitrogens with zero attached hydrogens (tertiary/aromatic N) is 4. The summed E-state index contributed by atoms with van der Waals surface area (Å²) in [5.74, 6) is 0.181. The number of pyridine rings is 2. The van der Waals surface area contributed by atoms with E-state index in [2.05, 4.69) is 28.7 Å². The second-order valence-electron chi connectivity index (χ2n) is 12.6. The first kappa shape index (κ1) is 24.3. The van der Waals surface area contributed by atoms with Gasteiger partial charge in [0, 0.05) is 55.3 Å². The van der Waals surface area contributed by atoms with Gasteiger partial charge in [0.05, 0.1) is 6.61 Å². The summed E-state index contributed by atoms with van der Waals surface area (Å²) >= 11 is 0. The Balaban J connectivity index is 1.22. The van der Waals surface area contributed by atoms with Crippen molar-refractivity contribution in [2.75, 3.05) is 16.8 Å². The molecule has 3 aromatic heterocycles. The first-order valence-electron chi connectivity index (χ1n) is 13.7. The summed E-state index contributed by atoms with van der Waals surface area (Å²) in [6.45, 7) is 5.30. The molecule has 9 nitrogen and oxygen atoms in total. The highest BCUT2D eigenvalue weighted by Crippen LogP contribution is 2.70. The Hall–Kier alpha value is -3.72. The van der Waals surface area contributed by atoms with Gasteiger partial charge in [0.1, 0.15) is 17.2 Å². The Morgan fingerprint density at radius 2 is 1.97 bits per heavy atom. The number of hydrogen-bond acceptors (Lipinski definition) is 5. The fourth-order valence-electron chi connectivity index (χ4n) is 6.85. The molecular weight excluding hydrogens is 494 g/mol. The van der Waals surface area contributed by atoms with Gasteiger partial charge < -0.3 is 19.6 Å². The van der Waals surface area contributed by atoms with Crippen LogP contribution < -0.4 is 15.8 Å². The molecule has 9 heteroatoms. The van der Waals surface area contributed by atoms with Crippen LogP contribution in [0.25, 0.3) is 11.1 Å². The number of aromatic nitrogens is 3. The van der Waals surface area contributed by atoms with E-state index in [1.165, 1.54) is 15.8 Å². The van der Waals surface area contributed by atoms with Gasteiger partial charge >= 0.3 is 0 Å². The largest absolute Gasteiger partial charge is 0.392 e. The van der Waals surface area contributed by atoms with Crippen LogP contribution in [0.1, 0.15) is 60.4 Å². The van der Waals surface area contributed by atoms with Gasteiger partial charge in [-0.05, 0) is 72.3 Å². The molecule has 2 saturated carbocycles. The molecule has 4 aliphatic rings. The average Bonchev–Trinajstić information content (AvgIpc) is 3.78. The van der Waals surface area contributed by atoms with E-state index in [1.54, 1.807) is 36.5 Å². The van der Waals surface area contributed by atoms with E-state index in [4.69, 9.17) is 0 Å². The van der Waals surface area contributed by atoms with Crippen molar-refractivity contribution in [3.05, 3.63) is 63.5 Å². The molecule has 0 bridgehead atoms. The van der Waals surface area contributed by atoms with Crippen molar-refractivity contribution < 1.29 is 14.7 Å². The number of amides is 2. The SMILES string of the molecule is Cn1cc(-c2ccnc(N3CCn4c(cc5c4CC(C)(C)C5)C3=O)c2CO)cc(NC(=O)[C@@H]2CC23CC3)c1=O. The highest BCUT2D eigenvalue weighted by Gasteiger charge is 2.65. The van der Waals surface area contributed by atoms with Crippen LogP contribution in [0.2, 0.25) is 0 Å². The summed E-state index contributed by atoms with van der Waals surface area (Å²) in [5.41, 5.74) is 5.32. The lowest BCUT2D eigenvalue weighted by molar-refractivity contribution is -0.117. The lowest BCUT2D eigenvalue weighted by Crippen LogP contribution is -2.41. The molecule has 3 aliphatic carbocycles. The van der Waals surface area contributed by atoms with E-state index in [-0.39, 0.29) is 46.4 Å². The lowest BCUT2D eigenvalue weighted by Gasteiger charge is -2.31. The second kappa shape index (κ2) is 8.14. The number of fused-ring (bicyclic) bond motifs is 3. The van der Waals surface area contributed by atoms with E-state index in [1.807, 2.05) is 6.07 Å². The molecule has 4 heterocycles. The maximum atomic E-state index is 13.7. The quantitative estimate of drug-likeness (QED) is 0.529. The third-order valence-electron chi connectivity index (χ3n) is 9.22. The molecule has 0 radical (unpaired) electrons. The lowest BCUT2D eigenvalue weighted by atomic mass is 9.90. The number of hydrogen-bond donors (Lipinski definition) is 2. The molecule has 0 unspecified atom stereocenters. The van der Waals surface area contributed by atoms with Crippen molar-refractivity contribution in [1.82, 2.24) is 14.1 Å². The Kier molecular flexibility index (Phi) is 5.08. The van der Waals surface area contributed by atoms with Crippen LogP contribution in [0, 0.1) is 16.7 Å². The van der Waals surface area contributed by atoms with Gasteiger partial charge in [-0.25, -0.2) is 4.98 Å². The molecule has 39 heavy (non-hydrogen) atoms. The number of aliphatic hydroxyl groups is 1. The summed E-state index contributed by atoms with van der Waals surface area (Å²) in [6.07, 6.45) is 8.29. The zero-order valence-corrected chi connectivity index (χ0v) is 22.6. The topological polar surface area (TPSA) is 109 Å². The average molecular weight is 528 g/mol. The predicted molar refractivity (Wildman–Crippen MR) is 147 cm³/mol. The normalized spacial score (nSPS) is 21.6. The molecule has 0 aromatic carbocycles. The minimum Gasteiger partial charge on any atom is -0.392 e. The summed E-state index contributed by atoms with van der Waals surface area (Å²) in [5, 5.41) is 13.3. The first-order chi connectivity index (χ1) is 18.6. The van der Waals surface area contributed by atoms with Gasteiger partial charge in [0.15, 0.2) is 0 Å². The van der Waals surface area contributed by atoms with E-state index >= 15 is 0 Å². The Morgan fingerprint density at radius 1 is 1.18 bits per heavy atom. The van der Waals surface area contributed by atoms with Crippen molar-refractivity contribution in [2.45, 2.75) is 59.1 Å². The van der Waals surface area contributed by atoms with Crippen molar-refractivity contribution in [1.29, 1.82) is 0 Å². The minimum atomic E-state index is -0.330. The molecule has 2 N–H and O–H groups in total. The van der Waals surface area contributed by atoms with Crippen LogP contribution in [-0.2, 0) is 37.8 Å². The molecule has 7 rings (SSSR count). The maximum Gasteiger partial charge on any atom is 0.276 e. The number of rotatable bonds is 5. The van der Waals surface area contributed by atoms with Crippen LogP contribution in [0.15, 0.2) is 35.4 Å². The van der Waals surface area contributed by atoms with Gasteiger partial charge in [0.25, 0.3) is 11.5 Å². The highest BCUT2D eigenvalue weighted by atomic mass is 16.3. The molecule has 0 saturated heterocycles. The summed E-state index contributed by atoms with van der Waals surface area (Å²) < 4.78 is 3.59. The maximum absolute atomic E-state index is 13.7. The third kappa shape index (κ3) is 3.77. The summed E-state index contributed by atoms with van der Waals surface area (Å²) in [7, 11) is 1.64. The van der Waals surface area contributed by atoms with Gasteiger partial charge in [-0.2, -0.15) is 0 Å². The Bertz CT molecular complexity index is 1630. The molecular formula is C30H33N5O4. The number of nitrogens with one attached hydrogen (secondary N) is 1. The number of anilines is 2.